The van der Waals surface area contributed by atoms with Gasteiger partial charge in [0.15, 0.2) is 7.14 Å². The Bertz CT molecular complexity index is 712. The Hall–Kier alpha value is -0.520. The molecule has 2 atom stereocenters. The third-order valence-electron chi connectivity index (χ3n) is 5.07. The SMILES string of the molecule is CC(C)(C)P(=O)([C@@H]1Oc2ccccc2[P@@]1(=O)C(C)(C)C)C(C)(C)C. The maximum atomic E-state index is 14.5. The monoisotopic (exact) mass is 370 g/mol. The van der Waals surface area contributed by atoms with Crippen molar-refractivity contribution < 1.29 is 13.9 Å². The molecule has 0 fully saturated rings. The lowest BCUT2D eigenvalue weighted by Gasteiger charge is -2.47. The van der Waals surface area contributed by atoms with Gasteiger partial charge < -0.3 is 13.9 Å². The summed E-state index contributed by atoms with van der Waals surface area (Å²) in [6.45, 7) is 17.8. The lowest BCUT2D eigenvalue weighted by Crippen LogP contribution is -2.39. The maximum absolute atomic E-state index is 14.5. The number of rotatable bonds is 1. The summed E-state index contributed by atoms with van der Waals surface area (Å²) in [7, 11) is -6.07. The molecule has 1 aliphatic rings. The first kappa shape index (κ1) is 19.8. The number of hydrogen-bond donors (Lipinski definition) is 0. The highest BCUT2D eigenvalue weighted by Crippen LogP contribution is 2.83. The summed E-state index contributed by atoms with van der Waals surface area (Å²) < 4.78 is 35.2. The molecular weight excluding hydrogens is 338 g/mol. The van der Waals surface area contributed by atoms with Gasteiger partial charge in [0.05, 0.1) is 5.30 Å². The molecule has 24 heavy (non-hydrogen) atoms. The molecule has 2 rings (SSSR count). The van der Waals surface area contributed by atoms with Gasteiger partial charge in [0.2, 0.25) is 5.59 Å². The van der Waals surface area contributed by atoms with Gasteiger partial charge in [-0.3, -0.25) is 0 Å². The van der Waals surface area contributed by atoms with E-state index in [9.17, 15) is 9.13 Å². The summed E-state index contributed by atoms with van der Waals surface area (Å²) in [6.07, 6.45) is 0. The zero-order valence-corrected chi connectivity index (χ0v) is 18.3. The molecule has 136 valence electrons. The summed E-state index contributed by atoms with van der Waals surface area (Å²) in [4.78, 5) is 0. The van der Waals surface area contributed by atoms with E-state index in [2.05, 4.69) is 0 Å². The van der Waals surface area contributed by atoms with Crippen LogP contribution in [0.3, 0.4) is 0 Å². The summed E-state index contributed by atoms with van der Waals surface area (Å²) in [5.74, 6) is 0.634. The fraction of sp³-hybridized carbons (Fsp3) is 0.684. The average Bonchev–Trinajstić information content (AvgIpc) is 2.70. The van der Waals surface area contributed by atoms with E-state index in [4.69, 9.17) is 4.74 Å². The normalized spacial score (nSPS) is 25.3. The van der Waals surface area contributed by atoms with Crippen molar-refractivity contribution in [3.63, 3.8) is 0 Å². The molecule has 0 aliphatic carbocycles. The minimum Gasteiger partial charge on any atom is -0.474 e. The summed E-state index contributed by atoms with van der Waals surface area (Å²) in [6, 6.07) is 7.51. The van der Waals surface area contributed by atoms with Crippen molar-refractivity contribution in [2.45, 2.75) is 83.4 Å². The van der Waals surface area contributed by atoms with Gasteiger partial charge in [-0.2, -0.15) is 0 Å². The van der Waals surface area contributed by atoms with Crippen LogP contribution in [0.1, 0.15) is 62.3 Å². The van der Waals surface area contributed by atoms with Crippen molar-refractivity contribution in [2.75, 3.05) is 0 Å². The molecule has 0 saturated carbocycles. The quantitative estimate of drug-likeness (QED) is 0.560. The topological polar surface area (TPSA) is 43.4 Å². The highest BCUT2D eigenvalue weighted by molar-refractivity contribution is 7.87. The molecule has 0 radical (unpaired) electrons. The van der Waals surface area contributed by atoms with Gasteiger partial charge in [-0.1, -0.05) is 74.4 Å². The third kappa shape index (κ3) is 2.55. The molecule has 0 saturated heterocycles. The number of benzene rings is 1. The Morgan fingerprint density at radius 3 is 1.79 bits per heavy atom. The van der Waals surface area contributed by atoms with Crippen LogP contribution in [0.5, 0.6) is 5.75 Å². The van der Waals surface area contributed by atoms with E-state index in [1.807, 2.05) is 86.6 Å². The second-order valence-corrected chi connectivity index (χ2v) is 18.2. The first-order valence-electron chi connectivity index (χ1n) is 8.54. The van der Waals surface area contributed by atoms with Gasteiger partial charge in [-0.25, -0.2) is 0 Å². The number of hydrogen-bond acceptors (Lipinski definition) is 3. The van der Waals surface area contributed by atoms with Gasteiger partial charge >= 0.3 is 0 Å². The molecule has 0 bridgehead atoms. The predicted octanol–water partition coefficient (Wildman–Crippen LogP) is 6.11. The predicted molar refractivity (Wildman–Crippen MR) is 105 cm³/mol. The van der Waals surface area contributed by atoms with Crippen molar-refractivity contribution in [3.8, 4) is 5.75 Å². The molecule has 0 unspecified atom stereocenters. The zero-order valence-electron chi connectivity index (χ0n) is 16.5. The van der Waals surface area contributed by atoms with E-state index in [-0.39, 0.29) is 0 Å². The van der Waals surface area contributed by atoms with E-state index in [0.29, 0.717) is 5.75 Å². The zero-order chi connectivity index (χ0) is 18.8. The second-order valence-electron chi connectivity index (χ2n) is 9.74. The number of ether oxygens (including phenoxy) is 1. The molecule has 1 aromatic rings. The van der Waals surface area contributed by atoms with Gasteiger partial charge in [0.25, 0.3) is 0 Å². The largest absolute Gasteiger partial charge is 0.474 e. The van der Waals surface area contributed by atoms with E-state index < -0.39 is 35.3 Å². The van der Waals surface area contributed by atoms with Gasteiger partial charge in [0, 0.05) is 15.5 Å². The molecule has 3 nitrogen and oxygen atoms in total. The Morgan fingerprint density at radius 1 is 0.917 bits per heavy atom. The van der Waals surface area contributed by atoms with Crippen LogP contribution in [0.25, 0.3) is 0 Å². The fourth-order valence-corrected chi connectivity index (χ4v) is 15.4. The van der Waals surface area contributed by atoms with Crippen LogP contribution in [0.4, 0.5) is 0 Å². The smallest absolute Gasteiger partial charge is 0.208 e. The first-order chi connectivity index (χ1) is 10.6. The van der Waals surface area contributed by atoms with Crippen molar-refractivity contribution >= 4 is 19.6 Å². The van der Waals surface area contributed by atoms with E-state index in [1.54, 1.807) is 0 Å². The van der Waals surface area contributed by atoms with E-state index in [1.165, 1.54) is 0 Å². The molecule has 0 spiro atoms. The Balaban J connectivity index is 2.84. The number of fused-ring (bicyclic) bond motifs is 1. The average molecular weight is 370 g/mol. The second kappa shape index (κ2) is 5.49. The van der Waals surface area contributed by atoms with E-state index in [0.717, 1.165) is 5.30 Å². The summed E-state index contributed by atoms with van der Waals surface area (Å²) in [5.41, 5.74) is -0.762. The highest BCUT2D eigenvalue weighted by atomic mass is 31.2. The lowest BCUT2D eigenvalue weighted by molar-refractivity contribution is 0.332. The Morgan fingerprint density at radius 2 is 1.38 bits per heavy atom. The molecule has 0 aromatic heterocycles. The van der Waals surface area contributed by atoms with Crippen LogP contribution in [0.15, 0.2) is 24.3 Å². The van der Waals surface area contributed by atoms with Gasteiger partial charge in [0.1, 0.15) is 12.9 Å². The molecule has 1 heterocycles. The Kier molecular flexibility index (Phi) is 4.53. The third-order valence-corrected chi connectivity index (χ3v) is 15.5. The minimum absolute atomic E-state index is 0.501. The standard InChI is InChI=1S/C19H32O3P2/c1-17(2,3)23(20)15-13-11-10-12-14(15)22-16(23)24(21,18(4,5)6)19(7,8)9/h10-13,16H,1-9H3/t16-,23+/m1/s1. The van der Waals surface area contributed by atoms with Crippen LogP contribution < -0.4 is 10.0 Å². The van der Waals surface area contributed by atoms with Crippen molar-refractivity contribution in [1.29, 1.82) is 0 Å². The van der Waals surface area contributed by atoms with Crippen LogP contribution in [-0.2, 0) is 9.13 Å². The van der Waals surface area contributed by atoms with E-state index >= 15 is 0 Å². The van der Waals surface area contributed by atoms with Crippen molar-refractivity contribution in [3.05, 3.63) is 24.3 Å². The molecule has 1 aromatic carbocycles. The molecule has 1 aliphatic heterocycles. The molecule has 0 amide bonds. The highest BCUT2D eigenvalue weighted by Gasteiger charge is 2.65. The van der Waals surface area contributed by atoms with Gasteiger partial charge in [-0.05, 0) is 12.1 Å². The number of para-hydroxylation sites is 1. The fourth-order valence-electron chi connectivity index (χ4n) is 3.80. The molecule has 5 heteroatoms. The Labute approximate surface area is 147 Å². The lowest BCUT2D eigenvalue weighted by atomic mass is 10.2. The van der Waals surface area contributed by atoms with Crippen molar-refractivity contribution in [1.82, 2.24) is 0 Å². The first-order valence-corrected chi connectivity index (χ1v) is 12.1. The van der Waals surface area contributed by atoms with Crippen LogP contribution in [0, 0.1) is 0 Å². The maximum Gasteiger partial charge on any atom is 0.208 e. The van der Waals surface area contributed by atoms with Crippen LogP contribution >= 0.6 is 14.3 Å². The van der Waals surface area contributed by atoms with Crippen molar-refractivity contribution in [2.24, 2.45) is 0 Å². The minimum atomic E-state index is -3.05. The summed E-state index contributed by atoms with van der Waals surface area (Å²) in [5, 5.41) is -0.773. The summed E-state index contributed by atoms with van der Waals surface area (Å²) >= 11 is 0. The molecule has 0 N–H and O–H groups in total. The molecular formula is C19H32O3P2. The van der Waals surface area contributed by atoms with Crippen LogP contribution in [0.2, 0.25) is 0 Å². The van der Waals surface area contributed by atoms with Gasteiger partial charge in [-0.15, -0.1) is 0 Å². The van der Waals surface area contributed by atoms with Crippen LogP contribution in [-0.4, -0.2) is 21.1 Å².